The van der Waals surface area contributed by atoms with Gasteiger partial charge in [-0.3, -0.25) is 14.3 Å². The molecule has 5 rings (SSSR count). The van der Waals surface area contributed by atoms with Gasteiger partial charge in [-0.15, -0.1) is 5.10 Å². The van der Waals surface area contributed by atoms with Crippen LogP contribution in [0.2, 0.25) is 0 Å². The van der Waals surface area contributed by atoms with Crippen molar-refractivity contribution in [3.63, 3.8) is 0 Å². The highest BCUT2D eigenvalue weighted by Gasteiger charge is 2.47. The Hall–Kier alpha value is -1.92. The molecule has 0 radical (unpaired) electrons. The number of rotatable bonds is 3. The van der Waals surface area contributed by atoms with Crippen molar-refractivity contribution in [2.75, 3.05) is 13.1 Å². The van der Waals surface area contributed by atoms with Gasteiger partial charge in [0, 0.05) is 25.6 Å². The molecule has 1 saturated heterocycles. The maximum absolute atomic E-state index is 13.0. The van der Waals surface area contributed by atoms with Crippen LogP contribution in [0.1, 0.15) is 55.9 Å². The maximum Gasteiger partial charge on any atom is 0.276 e. The van der Waals surface area contributed by atoms with Crippen molar-refractivity contribution in [1.82, 2.24) is 25.2 Å². The number of carbonyl (C=O) groups excluding carboxylic acids is 2. The highest BCUT2D eigenvalue weighted by atomic mass is 16.2. The minimum atomic E-state index is -0.142. The lowest BCUT2D eigenvalue weighted by molar-refractivity contribution is -0.137. The molecular formula is C18H27N5O2. The summed E-state index contributed by atoms with van der Waals surface area (Å²) in [6, 6.07) is 0.0298. The summed E-state index contributed by atoms with van der Waals surface area (Å²) in [5, 5.41) is 11.0. The molecule has 3 aliphatic carbocycles. The average molecular weight is 345 g/mol. The molecule has 4 fully saturated rings. The van der Waals surface area contributed by atoms with Crippen LogP contribution in [0.3, 0.4) is 0 Å². The molecule has 7 nitrogen and oxygen atoms in total. The third-order valence-corrected chi connectivity index (χ3v) is 6.61. The number of hydrogen-bond donors (Lipinski definition) is 1. The summed E-state index contributed by atoms with van der Waals surface area (Å²) in [7, 11) is 1.75. The van der Waals surface area contributed by atoms with Crippen molar-refractivity contribution in [2.24, 2.45) is 24.3 Å². The van der Waals surface area contributed by atoms with Crippen LogP contribution in [0.4, 0.5) is 0 Å². The number of fused-ring (bicyclic) bond motifs is 3. The molecule has 1 aromatic heterocycles. The van der Waals surface area contributed by atoms with E-state index in [1.807, 2.05) is 0 Å². The quantitative estimate of drug-likeness (QED) is 0.897. The Bertz CT molecular complexity index is 663. The monoisotopic (exact) mass is 345 g/mol. The molecule has 7 heteroatoms. The average Bonchev–Trinajstić information content (AvgIpc) is 3.22. The number of hydrogen-bond acceptors (Lipinski definition) is 4. The number of amides is 2. The van der Waals surface area contributed by atoms with Gasteiger partial charge >= 0.3 is 0 Å². The Morgan fingerprint density at radius 3 is 2.48 bits per heavy atom. The van der Waals surface area contributed by atoms with E-state index in [0.29, 0.717) is 18.8 Å². The van der Waals surface area contributed by atoms with Gasteiger partial charge in [0.25, 0.3) is 5.91 Å². The standard InChI is InChI=1S/C18H27N5O2/c1-12-9-23(16(24)15-10-22(2)21-20-15)11-14(12)19-17(25)18-6-3-13(4-7-18)5-8-18/h10,12-14H,3-9,11H2,1-2H3,(H,19,25)/t12-,13?,14+,18?/m1/s1. The summed E-state index contributed by atoms with van der Waals surface area (Å²) in [5.41, 5.74) is 0.224. The Labute approximate surface area is 148 Å². The molecule has 4 aliphatic rings. The molecule has 0 unspecified atom stereocenters. The predicted molar refractivity (Wildman–Crippen MR) is 91.6 cm³/mol. The van der Waals surface area contributed by atoms with Crippen molar-refractivity contribution >= 4 is 11.8 Å². The van der Waals surface area contributed by atoms with Crippen molar-refractivity contribution in [3.05, 3.63) is 11.9 Å². The second-order valence-corrected chi connectivity index (χ2v) is 8.31. The highest BCUT2D eigenvalue weighted by Crippen LogP contribution is 2.50. The van der Waals surface area contributed by atoms with E-state index in [1.54, 1.807) is 18.1 Å². The van der Waals surface area contributed by atoms with Crippen molar-refractivity contribution in [3.8, 4) is 0 Å². The van der Waals surface area contributed by atoms with Gasteiger partial charge in [0.2, 0.25) is 5.91 Å². The van der Waals surface area contributed by atoms with E-state index in [9.17, 15) is 9.59 Å². The number of aryl methyl sites for hydroxylation is 1. The zero-order valence-electron chi connectivity index (χ0n) is 15.1. The normalized spacial score (nSPS) is 34.3. The first kappa shape index (κ1) is 16.5. The highest BCUT2D eigenvalue weighted by molar-refractivity contribution is 5.92. The van der Waals surface area contributed by atoms with Crippen molar-refractivity contribution < 1.29 is 9.59 Å². The zero-order chi connectivity index (χ0) is 17.6. The Morgan fingerprint density at radius 2 is 1.88 bits per heavy atom. The number of nitrogens with one attached hydrogen (secondary N) is 1. The lowest BCUT2D eigenvalue weighted by Gasteiger charge is -2.45. The predicted octanol–water partition coefficient (Wildman–Crippen LogP) is 1.36. The largest absolute Gasteiger partial charge is 0.351 e. The lowest BCUT2D eigenvalue weighted by atomic mass is 9.60. The summed E-state index contributed by atoms with van der Waals surface area (Å²) in [6.07, 6.45) is 8.34. The van der Waals surface area contributed by atoms with Gasteiger partial charge in [-0.25, -0.2) is 0 Å². The number of aromatic nitrogens is 3. The van der Waals surface area contributed by atoms with E-state index in [2.05, 4.69) is 22.6 Å². The molecular weight excluding hydrogens is 318 g/mol. The van der Waals surface area contributed by atoms with Crippen LogP contribution in [0.5, 0.6) is 0 Å². The second-order valence-electron chi connectivity index (χ2n) is 8.31. The van der Waals surface area contributed by atoms with E-state index < -0.39 is 0 Å². The van der Waals surface area contributed by atoms with Crippen LogP contribution in [-0.4, -0.2) is 50.8 Å². The van der Waals surface area contributed by atoms with Gasteiger partial charge < -0.3 is 10.2 Å². The first-order valence-corrected chi connectivity index (χ1v) is 9.43. The minimum Gasteiger partial charge on any atom is -0.351 e. The smallest absolute Gasteiger partial charge is 0.276 e. The van der Waals surface area contributed by atoms with Gasteiger partial charge in [-0.05, 0) is 50.4 Å². The fourth-order valence-corrected chi connectivity index (χ4v) is 4.84. The first-order valence-electron chi connectivity index (χ1n) is 9.43. The van der Waals surface area contributed by atoms with Gasteiger partial charge in [-0.2, -0.15) is 0 Å². The van der Waals surface area contributed by atoms with E-state index in [0.717, 1.165) is 25.2 Å². The van der Waals surface area contributed by atoms with Gasteiger partial charge in [-0.1, -0.05) is 12.1 Å². The molecule has 2 heterocycles. The van der Waals surface area contributed by atoms with E-state index in [-0.39, 0.29) is 29.2 Å². The third-order valence-electron chi connectivity index (χ3n) is 6.61. The molecule has 1 N–H and O–H groups in total. The lowest BCUT2D eigenvalue weighted by Crippen LogP contribution is -2.51. The molecule has 136 valence electrons. The van der Waals surface area contributed by atoms with Crippen LogP contribution in [0.25, 0.3) is 0 Å². The van der Waals surface area contributed by atoms with Crippen LogP contribution >= 0.6 is 0 Å². The SMILES string of the molecule is C[C@@H]1CN(C(=O)c2cn(C)nn2)C[C@@H]1NC(=O)C12CCC(CC1)CC2. The molecule has 1 aliphatic heterocycles. The van der Waals surface area contributed by atoms with Crippen LogP contribution < -0.4 is 5.32 Å². The molecule has 2 amide bonds. The Morgan fingerprint density at radius 1 is 1.20 bits per heavy atom. The Kier molecular flexibility index (Phi) is 4.04. The summed E-state index contributed by atoms with van der Waals surface area (Å²) in [4.78, 5) is 27.3. The van der Waals surface area contributed by atoms with Crippen molar-refractivity contribution in [1.29, 1.82) is 0 Å². The van der Waals surface area contributed by atoms with Crippen LogP contribution in [-0.2, 0) is 11.8 Å². The molecule has 0 spiro atoms. The molecule has 3 saturated carbocycles. The van der Waals surface area contributed by atoms with E-state index in [1.165, 1.54) is 23.9 Å². The fourth-order valence-electron chi connectivity index (χ4n) is 4.84. The Balaban J connectivity index is 1.40. The minimum absolute atomic E-state index is 0.0298. The summed E-state index contributed by atoms with van der Waals surface area (Å²) < 4.78 is 1.53. The molecule has 2 atom stereocenters. The molecule has 25 heavy (non-hydrogen) atoms. The molecule has 1 aromatic rings. The second kappa shape index (κ2) is 6.11. The maximum atomic E-state index is 13.0. The first-order chi connectivity index (χ1) is 12.0. The van der Waals surface area contributed by atoms with E-state index >= 15 is 0 Å². The summed E-state index contributed by atoms with van der Waals surface area (Å²) in [5.74, 6) is 1.21. The van der Waals surface area contributed by atoms with Crippen molar-refractivity contribution in [2.45, 2.75) is 51.5 Å². The van der Waals surface area contributed by atoms with Gasteiger partial charge in [0.1, 0.15) is 0 Å². The van der Waals surface area contributed by atoms with E-state index in [4.69, 9.17) is 0 Å². The third kappa shape index (κ3) is 2.93. The topological polar surface area (TPSA) is 80.1 Å². The van der Waals surface area contributed by atoms with Gasteiger partial charge in [0.15, 0.2) is 5.69 Å². The van der Waals surface area contributed by atoms with Crippen LogP contribution in [0, 0.1) is 17.3 Å². The summed E-state index contributed by atoms with van der Waals surface area (Å²) >= 11 is 0. The number of likely N-dealkylation sites (tertiary alicyclic amines) is 1. The number of nitrogens with zero attached hydrogens (tertiary/aromatic N) is 4. The zero-order valence-corrected chi connectivity index (χ0v) is 15.1. The number of carbonyl (C=O) groups is 2. The van der Waals surface area contributed by atoms with Gasteiger partial charge in [0.05, 0.1) is 12.2 Å². The van der Waals surface area contributed by atoms with Crippen LogP contribution in [0.15, 0.2) is 6.20 Å². The fraction of sp³-hybridized carbons (Fsp3) is 0.778. The summed E-state index contributed by atoms with van der Waals surface area (Å²) in [6.45, 7) is 3.31. The molecule has 0 aromatic carbocycles. The molecule has 2 bridgehead atoms.